The lowest BCUT2D eigenvalue weighted by Crippen LogP contribution is -2.35. The lowest BCUT2D eigenvalue weighted by molar-refractivity contribution is 0.0695. The lowest BCUT2D eigenvalue weighted by Gasteiger charge is -2.26. The van der Waals surface area contributed by atoms with Gasteiger partial charge in [-0.05, 0) is 44.5 Å². The Morgan fingerprint density at radius 2 is 1.82 bits per heavy atom. The van der Waals surface area contributed by atoms with Gasteiger partial charge in [0.2, 0.25) is 0 Å². The molecule has 0 aliphatic rings. The molecule has 0 bridgehead atoms. The second-order valence-electron chi connectivity index (χ2n) is 7.25. The topological polar surface area (TPSA) is 50.5 Å². The number of rotatable bonds is 4. The fraction of sp³-hybridized carbons (Fsp3) is 0.217. The van der Waals surface area contributed by atoms with E-state index in [2.05, 4.69) is 0 Å². The molecule has 4 nitrogen and oxygen atoms in total. The number of thiophene rings is 1. The molecule has 0 aliphatic heterocycles. The van der Waals surface area contributed by atoms with Gasteiger partial charge in [0.05, 0.1) is 15.0 Å². The van der Waals surface area contributed by atoms with Gasteiger partial charge in [0.15, 0.2) is 0 Å². The van der Waals surface area contributed by atoms with Gasteiger partial charge in [-0.15, -0.1) is 11.3 Å². The molecule has 5 heteroatoms. The highest BCUT2D eigenvalue weighted by molar-refractivity contribution is 7.21. The van der Waals surface area contributed by atoms with E-state index in [9.17, 15) is 9.59 Å². The first-order valence-corrected chi connectivity index (χ1v) is 10.1. The number of carbonyl (C=O) groups is 1. The van der Waals surface area contributed by atoms with Crippen molar-refractivity contribution < 1.29 is 9.21 Å². The fourth-order valence-corrected chi connectivity index (χ4v) is 4.45. The zero-order chi connectivity index (χ0) is 19.8. The van der Waals surface area contributed by atoms with E-state index in [1.54, 1.807) is 6.07 Å². The number of carbonyl (C=O) groups excluding carboxylic acids is 1. The molecule has 0 saturated heterocycles. The van der Waals surface area contributed by atoms with E-state index in [4.69, 9.17) is 4.42 Å². The van der Waals surface area contributed by atoms with Crippen molar-refractivity contribution in [3.8, 4) is 0 Å². The first-order chi connectivity index (χ1) is 13.4. The van der Waals surface area contributed by atoms with E-state index in [0.717, 1.165) is 21.2 Å². The van der Waals surface area contributed by atoms with E-state index in [1.165, 1.54) is 11.3 Å². The summed E-state index contributed by atoms with van der Waals surface area (Å²) in [4.78, 5) is 28.1. The molecule has 2 aromatic carbocycles. The van der Waals surface area contributed by atoms with Gasteiger partial charge < -0.3 is 9.32 Å². The molecule has 0 atom stereocenters. The summed E-state index contributed by atoms with van der Waals surface area (Å²) in [6, 6.07) is 17.4. The maximum absolute atomic E-state index is 13.3. The zero-order valence-corrected chi connectivity index (χ0v) is 16.9. The van der Waals surface area contributed by atoms with Crippen molar-refractivity contribution in [3.63, 3.8) is 0 Å². The highest BCUT2D eigenvalue weighted by Crippen LogP contribution is 2.32. The molecule has 0 saturated carbocycles. The van der Waals surface area contributed by atoms with Crippen LogP contribution in [-0.2, 0) is 6.54 Å². The Labute approximate surface area is 167 Å². The van der Waals surface area contributed by atoms with Crippen LogP contribution in [0.2, 0.25) is 0 Å². The van der Waals surface area contributed by atoms with Gasteiger partial charge in [0, 0.05) is 18.0 Å². The Bertz CT molecular complexity index is 1220. The molecule has 0 N–H and O–H groups in total. The zero-order valence-electron chi connectivity index (χ0n) is 16.1. The summed E-state index contributed by atoms with van der Waals surface area (Å²) in [6.07, 6.45) is 0. The van der Waals surface area contributed by atoms with Crippen LogP contribution in [0.1, 0.15) is 34.6 Å². The summed E-state index contributed by atoms with van der Waals surface area (Å²) < 4.78 is 6.26. The second-order valence-corrected chi connectivity index (χ2v) is 8.31. The minimum atomic E-state index is -0.402. The first kappa shape index (κ1) is 18.4. The van der Waals surface area contributed by atoms with Crippen molar-refractivity contribution in [2.24, 2.45) is 0 Å². The molecular formula is C23H21NO3S. The summed E-state index contributed by atoms with van der Waals surface area (Å²) in [5.41, 5.74) is 2.30. The minimum absolute atomic E-state index is 0.0355. The SMILES string of the molecule is Cc1ccc2oc(=O)c3cc(C(=O)N(Cc4ccccc4)C(C)C)sc3c2c1. The van der Waals surface area contributed by atoms with Crippen LogP contribution in [-0.4, -0.2) is 16.8 Å². The van der Waals surface area contributed by atoms with Crippen LogP contribution in [0.25, 0.3) is 21.1 Å². The van der Waals surface area contributed by atoms with Crippen molar-refractivity contribution in [1.82, 2.24) is 4.90 Å². The van der Waals surface area contributed by atoms with E-state index in [-0.39, 0.29) is 11.9 Å². The maximum Gasteiger partial charge on any atom is 0.345 e. The molecule has 1 amide bonds. The van der Waals surface area contributed by atoms with Gasteiger partial charge in [0.1, 0.15) is 5.58 Å². The number of hydrogen-bond acceptors (Lipinski definition) is 4. The van der Waals surface area contributed by atoms with Crippen molar-refractivity contribution in [3.05, 3.63) is 81.0 Å². The molecule has 2 heterocycles. The van der Waals surface area contributed by atoms with Gasteiger partial charge in [0.25, 0.3) is 5.91 Å². The van der Waals surface area contributed by atoms with E-state index in [0.29, 0.717) is 22.4 Å². The fourth-order valence-electron chi connectivity index (χ4n) is 3.32. The minimum Gasteiger partial charge on any atom is -0.422 e. The molecule has 28 heavy (non-hydrogen) atoms. The Morgan fingerprint density at radius 3 is 2.54 bits per heavy atom. The summed E-state index contributed by atoms with van der Waals surface area (Å²) in [5, 5.41) is 1.34. The Balaban J connectivity index is 1.80. The molecule has 0 spiro atoms. The van der Waals surface area contributed by atoms with Crippen molar-refractivity contribution in [2.75, 3.05) is 0 Å². The monoisotopic (exact) mass is 391 g/mol. The molecule has 0 radical (unpaired) electrons. The van der Waals surface area contributed by atoms with Crippen LogP contribution in [0.3, 0.4) is 0 Å². The van der Waals surface area contributed by atoms with Crippen molar-refractivity contribution in [2.45, 2.75) is 33.4 Å². The molecular weight excluding hydrogens is 370 g/mol. The van der Waals surface area contributed by atoms with Crippen molar-refractivity contribution >= 4 is 38.3 Å². The molecule has 0 fully saturated rings. The first-order valence-electron chi connectivity index (χ1n) is 9.26. The maximum atomic E-state index is 13.3. The van der Waals surface area contributed by atoms with E-state index < -0.39 is 5.63 Å². The van der Waals surface area contributed by atoms with Crippen molar-refractivity contribution in [1.29, 1.82) is 0 Å². The van der Waals surface area contributed by atoms with Gasteiger partial charge in [-0.25, -0.2) is 4.79 Å². The molecule has 0 unspecified atom stereocenters. The predicted octanol–water partition coefficient (Wildman–Crippen LogP) is 5.37. The molecule has 142 valence electrons. The van der Waals surface area contributed by atoms with Crippen LogP contribution >= 0.6 is 11.3 Å². The molecule has 0 aliphatic carbocycles. The number of hydrogen-bond donors (Lipinski definition) is 0. The largest absolute Gasteiger partial charge is 0.422 e. The summed E-state index contributed by atoms with van der Waals surface area (Å²) in [6.45, 7) is 6.53. The summed E-state index contributed by atoms with van der Waals surface area (Å²) in [5.74, 6) is -0.0692. The van der Waals surface area contributed by atoms with Crippen LogP contribution in [0.15, 0.2) is 63.8 Å². The Kier molecular flexibility index (Phi) is 4.77. The predicted molar refractivity (Wildman–Crippen MR) is 114 cm³/mol. The highest BCUT2D eigenvalue weighted by atomic mass is 32.1. The highest BCUT2D eigenvalue weighted by Gasteiger charge is 2.23. The molecule has 4 rings (SSSR count). The van der Waals surface area contributed by atoms with Crippen LogP contribution in [0, 0.1) is 6.92 Å². The average Bonchev–Trinajstić information content (AvgIpc) is 3.13. The third kappa shape index (κ3) is 3.34. The molecule has 2 aromatic heterocycles. The number of nitrogens with zero attached hydrogens (tertiary/aromatic N) is 1. The van der Waals surface area contributed by atoms with E-state index >= 15 is 0 Å². The average molecular weight is 391 g/mol. The quantitative estimate of drug-likeness (QED) is 0.440. The third-order valence-electron chi connectivity index (χ3n) is 4.83. The lowest BCUT2D eigenvalue weighted by atomic mass is 10.1. The summed E-state index contributed by atoms with van der Waals surface area (Å²) >= 11 is 1.36. The number of amides is 1. The van der Waals surface area contributed by atoms with E-state index in [1.807, 2.05) is 74.2 Å². The van der Waals surface area contributed by atoms with Crippen LogP contribution in [0.4, 0.5) is 0 Å². The van der Waals surface area contributed by atoms with Gasteiger partial charge >= 0.3 is 5.63 Å². The molecule has 4 aromatic rings. The van der Waals surface area contributed by atoms with Gasteiger partial charge in [-0.2, -0.15) is 0 Å². The summed E-state index contributed by atoms with van der Waals surface area (Å²) in [7, 11) is 0. The standard InChI is InChI=1S/C23H21NO3S/c1-14(2)24(13-16-7-5-4-6-8-16)22(25)20-12-18-21(28-20)17-11-15(3)9-10-19(17)27-23(18)26/h4-12,14H,13H2,1-3H3. The van der Waals surface area contributed by atoms with Crippen LogP contribution < -0.4 is 5.63 Å². The Morgan fingerprint density at radius 1 is 1.07 bits per heavy atom. The Hall–Kier alpha value is -2.92. The second kappa shape index (κ2) is 7.24. The van der Waals surface area contributed by atoms with Crippen LogP contribution in [0.5, 0.6) is 0 Å². The number of aryl methyl sites for hydroxylation is 1. The number of fused-ring (bicyclic) bond motifs is 3. The van der Waals surface area contributed by atoms with Gasteiger partial charge in [-0.1, -0.05) is 42.0 Å². The normalized spacial score (nSPS) is 11.4. The smallest absolute Gasteiger partial charge is 0.345 e. The number of benzene rings is 2. The third-order valence-corrected chi connectivity index (χ3v) is 5.98. The van der Waals surface area contributed by atoms with Gasteiger partial charge in [-0.3, -0.25) is 4.79 Å².